The molecule has 1 aromatic heterocycles. The summed E-state index contributed by atoms with van der Waals surface area (Å²) < 4.78 is 13.5. The molecule has 1 aromatic carbocycles. The minimum Gasteiger partial charge on any atom is -0.486 e. The monoisotopic (exact) mass is 416 g/mol. The van der Waals surface area contributed by atoms with Crippen LogP contribution in [0.2, 0.25) is 0 Å². The Bertz CT molecular complexity index is 868. The van der Waals surface area contributed by atoms with Crippen LogP contribution in [0.25, 0.3) is 0 Å². The number of nitrogens with one attached hydrogen (secondary N) is 1. The normalized spacial score (nSPS) is 16.8. The summed E-state index contributed by atoms with van der Waals surface area (Å²) in [6.07, 6.45) is 4.50. The van der Waals surface area contributed by atoms with Crippen molar-refractivity contribution in [2.24, 2.45) is 5.92 Å². The molecule has 0 saturated carbocycles. The molecule has 1 N–H and O–H groups in total. The third-order valence-electron chi connectivity index (χ3n) is 5.32. The third kappa shape index (κ3) is 4.69. The highest BCUT2D eigenvalue weighted by atomic mass is 32.2. The van der Waals surface area contributed by atoms with Crippen molar-refractivity contribution in [2.75, 3.05) is 19.0 Å². The zero-order valence-electron chi connectivity index (χ0n) is 17.0. The predicted octanol–water partition coefficient (Wildman–Crippen LogP) is 3.38. The van der Waals surface area contributed by atoms with Crippen LogP contribution in [0.1, 0.15) is 50.5 Å². The summed E-state index contributed by atoms with van der Waals surface area (Å²) in [5.74, 6) is 3.12. The Morgan fingerprint density at radius 3 is 2.83 bits per heavy atom. The minimum atomic E-state index is -0.0885. The molecule has 0 radical (unpaired) electrons. The van der Waals surface area contributed by atoms with Gasteiger partial charge in [-0.1, -0.05) is 38.1 Å². The van der Waals surface area contributed by atoms with E-state index in [1.807, 2.05) is 18.2 Å². The molecule has 0 saturated heterocycles. The second kappa shape index (κ2) is 9.07. The van der Waals surface area contributed by atoms with Crippen molar-refractivity contribution < 1.29 is 14.3 Å². The van der Waals surface area contributed by atoms with Crippen molar-refractivity contribution in [1.82, 2.24) is 20.1 Å². The number of carbonyl (C=O) groups excluding carboxylic acids is 1. The third-order valence-corrected chi connectivity index (χ3v) is 6.28. The molecule has 0 fully saturated rings. The van der Waals surface area contributed by atoms with E-state index in [9.17, 15) is 4.79 Å². The number of aromatic nitrogens is 3. The van der Waals surface area contributed by atoms with Gasteiger partial charge in [-0.05, 0) is 36.5 Å². The maximum absolute atomic E-state index is 12.7. The molecule has 8 heteroatoms. The van der Waals surface area contributed by atoms with Gasteiger partial charge in [0.05, 0.1) is 11.8 Å². The Balaban J connectivity index is 1.40. The molecule has 0 spiro atoms. The summed E-state index contributed by atoms with van der Waals surface area (Å²) >= 11 is 1.46. The quantitative estimate of drug-likeness (QED) is 0.728. The van der Waals surface area contributed by atoms with Gasteiger partial charge in [-0.3, -0.25) is 4.79 Å². The lowest BCUT2D eigenvalue weighted by atomic mass is 9.95. The number of amides is 1. The number of benzene rings is 1. The van der Waals surface area contributed by atoms with Crippen molar-refractivity contribution in [2.45, 2.75) is 57.3 Å². The first-order valence-corrected chi connectivity index (χ1v) is 11.3. The summed E-state index contributed by atoms with van der Waals surface area (Å²) in [4.78, 5) is 12.7. The highest BCUT2D eigenvalue weighted by Crippen LogP contribution is 2.34. The molecule has 2 aliphatic rings. The van der Waals surface area contributed by atoms with E-state index < -0.39 is 0 Å². The Kier molecular flexibility index (Phi) is 6.28. The summed E-state index contributed by atoms with van der Waals surface area (Å²) in [6, 6.07) is 5.81. The van der Waals surface area contributed by atoms with Crippen molar-refractivity contribution in [3.05, 3.63) is 29.6 Å². The SMILES string of the molecule is CC(C)[C@H](NC(=O)CSc1nnc2n1CCCCC2)c1ccc2c(c1)OCCO2. The highest BCUT2D eigenvalue weighted by Gasteiger charge is 2.22. The first-order valence-electron chi connectivity index (χ1n) is 10.4. The molecule has 0 unspecified atom stereocenters. The summed E-state index contributed by atoms with van der Waals surface area (Å²) in [6.45, 7) is 6.27. The maximum atomic E-state index is 12.7. The van der Waals surface area contributed by atoms with Crippen molar-refractivity contribution >= 4 is 17.7 Å². The van der Waals surface area contributed by atoms with E-state index >= 15 is 0 Å². The van der Waals surface area contributed by atoms with Crippen LogP contribution >= 0.6 is 11.8 Å². The standard InChI is InChI=1S/C21H28N4O3S/c1-14(2)20(15-7-8-16-17(12-15)28-11-10-27-16)22-19(26)13-29-21-24-23-18-6-4-3-5-9-25(18)21/h7-8,12,14,20H,3-6,9-11,13H2,1-2H3,(H,22,26)/t20-/m0/s1. The van der Waals surface area contributed by atoms with Crippen LogP contribution in [0, 0.1) is 5.92 Å². The van der Waals surface area contributed by atoms with Crippen molar-refractivity contribution in [3.8, 4) is 11.5 Å². The predicted molar refractivity (Wildman–Crippen MR) is 111 cm³/mol. The van der Waals surface area contributed by atoms with Gasteiger partial charge in [0.25, 0.3) is 0 Å². The second-order valence-corrected chi connectivity index (χ2v) is 8.78. The number of hydrogen-bond acceptors (Lipinski definition) is 6. The van der Waals surface area contributed by atoms with Gasteiger partial charge in [-0.15, -0.1) is 10.2 Å². The lowest BCUT2D eigenvalue weighted by Gasteiger charge is -2.25. The Labute approximate surface area is 175 Å². The average Bonchev–Trinajstić information content (AvgIpc) is 2.96. The van der Waals surface area contributed by atoms with E-state index in [-0.39, 0.29) is 17.9 Å². The van der Waals surface area contributed by atoms with Crippen LogP contribution in [0.3, 0.4) is 0 Å². The highest BCUT2D eigenvalue weighted by molar-refractivity contribution is 7.99. The molecule has 29 heavy (non-hydrogen) atoms. The van der Waals surface area contributed by atoms with E-state index in [4.69, 9.17) is 9.47 Å². The molecule has 7 nitrogen and oxygen atoms in total. The first kappa shape index (κ1) is 20.1. The summed E-state index contributed by atoms with van der Waals surface area (Å²) in [7, 11) is 0. The number of rotatable bonds is 6. The van der Waals surface area contributed by atoms with Crippen molar-refractivity contribution in [3.63, 3.8) is 0 Å². The van der Waals surface area contributed by atoms with Gasteiger partial charge in [0.2, 0.25) is 5.91 Å². The fourth-order valence-corrected chi connectivity index (χ4v) is 4.59. The van der Waals surface area contributed by atoms with Gasteiger partial charge >= 0.3 is 0 Å². The van der Waals surface area contributed by atoms with Gasteiger partial charge in [-0.25, -0.2) is 0 Å². The lowest BCUT2D eigenvalue weighted by molar-refractivity contribution is -0.119. The fraction of sp³-hybridized carbons (Fsp3) is 0.571. The number of hydrogen-bond donors (Lipinski definition) is 1. The van der Waals surface area contributed by atoms with Gasteiger partial charge in [0.1, 0.15) is 19.0 Å². The topological polar surface area (TPSA) is 78.3 Å². The molecular weight excluding hydrogens is 388 g/mol. The molecule has 2 aromatic rings. The van der Waals surface area contributed by atoms with Crippen LogP contribution < -0.4 is 14.8 Å². The van der Waals surface area contributed by atoms with E-state index in [1.165, 1.54) is 18.2 Å². The zero-order valence-corrected chi connectivity index (χ0v) is 17.8. The fourth-order valence-electron chi connectivity index (χ4n) is 3.80. The largest absolute Gasteiger partial charge is 0.486 e. The molecule has 0 bridgehead atoms. The van der Waals surface area contributed by atoms with Crippen LogP contribution in [-0.2, 0) is 17.8 Å². The van der Waals surface area contributed by atoms with Crippen LogP contribution in [0.4, 0.5) is 0 Å². The molecular formula is C21H28N4O3S. The number of aryl methyl sites for hydroxylation is 1. The lowest BCUT2D eigenvalue weighted by Crippen LogP contribution is -2.33. The first-order chi connectivity index (χ1) is 14.1. The minimum absolute atomic E-state index is 0.00504. The smallest absolute Gasteiger partial charge is 0.230 e. The molecule has 156 valence electrons. The number of nitrogens with zero attached hydrogens (tertiary/aromatic N) is 3. The summed E-state index contributed by atoms with van der Waals surface area (Å²) in [5, 5.41) is 12.6. The molecule has 1 amide bonds. The zero-order chi connectivity index (χ0) is 20.2. The number of thioether (sulfide) groups is 1. The molecule has 2 aliphatic heterocycles. The van der Waals surface area contributed by atoms with Gasteiger partial charge in [0.15, 0.2) is 16.7 Å². The number of carbonyl (C=O) groups is 1. The Morgan fingerprint density at radius 2 is 2.00 bits per heavy atom. The Hall–Kier alpha value is -2.22. The van der Waals surface area contributed by atoms with Gasteiger partial charge in [-0.2, -0.15) is 0 Å². The second-order valence-electron chi connectivity index (χ2n) is 7.84. The Morgan fingerprint density at radius 1 is 1.17 bits per heavy atom. The summed E-state index contributed by atoms with van der Waals surface area (Å²) in [5.41, 5.74) is 1.03. The van der Waals surface area contributed by atoms with E-state index in [2.05, 4.69) is 33.9 Å². The number of ether oxygens (including phenoxy) is 2. The number of fused-ring (bicyclic) bond motifs is 2. The van der Waals surface area contributed by atoms with Crippen LogP contribution in [0.5, 0.6) is 11.5 Å². The van der Waals surface area contributed by atoms with Crippen LogP contribution in [0.15, 0.2) is 23.4 Å². The molecule has 0 aliphatic carbocycles. The van der Waals surface area contributed by atoms with E-state index in [0.29, 0.717) is 19.0 Å². The van der Waals surface area contributed by atoms with Crippen LogP contribution in [-0.4, -0.2) is 39.6 Å². The van der Waals surface area contributed by atoms with E-state index in [1.54, 1.807) is 0 Å². The molecule has 1 atom stereocenters. The van der Waals surface area contributed by atoms with Gasteiger partial charge in [0, 0.05) is 13.0 Å². The molecule has 4 rings (SSSR count). The molecule has 3 heterocycles. The van der Waals surface area contributed by atoms with Crippen molar-refractivity contribution in [1.29, 1.82) is 0 Å². The van der Waals surface area contributed by atoms with Gasteiger partial charge < -0.3 is 19.4 Å². The van der Waals surface area contributed by atoms with E-state index in [0.717, 1.165) is 53.9 Å². The maximum Gasteiger partial charge on any atom is 0.230 e. The average molecular weight is 417 g/mol.